The molecule has 0 aliphatic rings. The summed E-state index contributed by atoms with van der Waals surface area (Å²) >= 11 is 0. The molecule has 1 N–H and O–H groups in total. The lowest BCUT2D eigenvalue weighted by atomic mass is 10.2. The third-order valence-corrected chi connectivity index (χ3v) is 4.21. The van der Waals surface area contributed by atoms with Crippen molar-refractivity contribution < 1.29 is 22.5 Å². The number of nitrogens with one attached hydrogen (secondary N) is 1. The number of benzene rings is 1. The molecule has 0 aromatic heterocycles. The number of nitrogens with zero attached hydrogens (tertiary/aromatic N) is 1. The van der Waals surface area contributed by atoms with Crippen LogP contribution < -0.4 is 4.72 Å². The van der Waals surface area contributed by atoms with Crippen molar-refractivity contribution in [2.24, 2.45) is 0 Å². The topological polar surface area (TPSA) is 98.5 Å². The highest BCUT2D eigenvalue weighted by Gasteiger charge is 2.24. The minimum absolute atomic E-state index is 0.109. The van der Waals surface area contributed by atoms with Gasteiger partial charge in [0, 0.05) is 18.7 Å². The summed E-state index contributed by atoms with van der Waals surface area (Å²) in [6.45, 7) is 5.24. The standard InChI is InChI=1S/C12H17FN2O5S/c1-4-20-7-9(3)14-21(18,19)10-5-8(2)12(13)11(6-10)15(16)17/h5-6,9,14H,4,7H2,1-3H3. The second-order valence-corrected chi connectivity index (χ2v) is 6.23. The molecule has 1 atom stereocenters. The fourth-order valence-electron chi connectivity index (χ4n) is 1.67. The molecule has 0 fully saturated rings. The largest absolute Gasteiger partial charge is 0.380 e. The lowest BCUT2D eigenvalue weighted by molar-refractivity contribution is -0.387. The van der Waals surface area contributed by atoms with Crippen LogP contribution in [-0.2, 0) is 14.8 Å². The van der Waals surface area contributed by atoms with E-state index in [-0.39, 0.29) is 17.1 Å². The molecule has 0 heterocycles. The average Bonchev–Trinajstić information content (AvgIpc) is 2.38. The van der Waals surface area contributed by atoms with Crippen molar-refractivity contribution in [3.63, 3.8) is 0 Å². The third-order valence-electron chi connectivity index (χ3n) is 2.64. The lowest BCUT2D eigenvalue weighted by Gasteiger charge is -2.14. The normalized spacial score (nSPS) is 13.1. The summed E-state index contributed by atoms with van der Waals surface area (Å²) in [6.07, 6.45) is 0. The van der Waals surface area contributed by atoms with Gasteiger partial charge in [-0.3, -0.25) is 10.1 Å². The van der Waals surface area contributed by atoms with Gasteiger partial charge in [0.1, 0.15) is 0 Å². The van der Waals surface area contributed by atoms with Gasteiger partial charge in [-0.15, -0.1) is 0 Å². The van der Waals surface area contributed by atoms with Crippen LogP contribution in [0.4, 0.5) is 10.1 Å². The van der Waals surface area contributed by atoms with Crippen LogP contribution in [-0.4, -0.2) is 32.6 Å². The van der Waals surface area contributed by atoms with Crippen molar-refractivity contribution in [3.05, 3.63) is 33.6 Å². The van der Waals surface area contributed by atoms with Gasteiger partial charge in [-0.2, -0.15) is 4.39 Å². The fraction of sp³-hybridized carbons (Fsp3) is 0.500. The SMILES string of the molecule is CCOCC(C)NS(=O)(=O)c1cc(C)c(F)c([N+](=O)[O-])c1. The zero-order valence-corrected chi connectivity index (χ0v) is 12.7. The summed E-state index contributed by atoms with van der Waals surface area (Å²) in [4.78, 5) is 9.44. The molecule has 0 bridgehead atoms. The molecule has 1 rings (SSSR count). The number of rotatable bonds is 7. The minimum atomic E-state index is -3.99. The van der Waals surface area contributed by atoms with Crippen LogP contribution in [0.3, 0.4) is 0 Å². The smallest absolute Gasteiger partial charge is 0.306 e. The molecule has 1 aromatic carbocycles. The molecule has 0 aliphatic carbocycles. The number of aryl methyl sites for hydroxylation is 1. The van der Waals surface area contributed by atoms with Crippen molar-refractivity contribution in [2.75, 3.05) is 13.2 Å². The number of ether oxygens (including phenoxy) is 1. The maximum atomic E-state index is 13.6. The molecule has 118 valence electrons. The Morgan fingerprint density at radius 3 is 2.62 bits per heavy atom. The van der Waals surface area contributed by atoms with Crippen molar-refractivity contribution in [1.29, 1.82) is 0 Å². The Hall–Kier alpha value is -1.58. The summed E-state index contributed by atoms with van der Waals surface area (Å²) in [6, 6.07) is 1.25. The Morgan fingerprint density at radius 1 is 1.48 bits per heavy atom. The Morgan fingerprint density at radius 2 is 2.10 bits per heavy atom. The molecule has 1 unspecified atom stereocenters. The monoisotopic (exact) mass is 320 g/mol. The van der Waals surface area contributed by atoms with Crippen molar-refractivity contribution >= 4 is 15.7 Å². The predicted molar refractivity (Wildman–Crippen MR) is 74.1 cm³/mol. The first-order valence-electron chi connectivity index (χ1n) is 6.23. The van der Waals surface area contributed by atoms with Crippen LogP contribution in [0.5, 0.6) is 0 Å². The first-order valence-corrected chi connectivity index (χ1v) is 7.72. The van der Waals surface area contributed by atoms with Gasteiger partial charge in [-0.25, -0.2) is 13.1 Å². The minimum Gasteiger partial charge on any atom is -0.380 e. The average molecular weight is 320 g/mol. The van der Waals surface area contributed by atoms with Gasteiger partial charge in [-0.05, 0) is 32.4 Å². The zero-order chi connectivity index (χ0) is 16.2. The number of hydrogen-bond donors (Lipinski definition) is 1. The number of hydrogen-bond acceptors (Lipinski definition) is 5. The summed E-state index contributed by atoms with van der Waals surface area (Å²) in [5, 5.41) is 10.7. The Kier molecular flexibility index (Phi) is 5.76. The highest BCUT2D eigenvalue weighted by Crippen LogP contribution is 2.25. The van der Waals surface area contributed by atoms with Gasteiger partial charge < -0.3 is 4.74 Å². The molecule has 0 radical (unpaired) electrons. The van der Waals surface area contributed by atoms with Gasteiger partial charge in [0.05, 0.1) is 16.4 Å². The maximum absolute atomic E-state index is 13.6. The van der Waals surface area contributed by atoms with Crippen LogP contribution in [0.25, 0.3) is 0 Å². The highest BCUT2D eigenvalue weighted by molar-refractivity contribution is 7.89. The highest BCUT2D eigenvalue weighted by atomic mass is 32.2. The van der Waals surface area contributed by atoms with Gasteiger partial charge >= 0.3 is 5.69 Å². The van der Waals surface area contributed by atoms with E-state index < -0.39 is 32.5 Å². The molecule has 7 nitrogen and oxygen atoms in total. The summed E-state index contributed by atoms with van der Waals surface area (Å²) in [7, 11) is -3.99. The molecule has 9 heteroatoms. The van der Waals surface area contributed by atoms with Crippen LogP contribution in [0.2, 0.25) is 0 Å². The number of nitro benzene ring substituents is 1. The fourth-order valence-corrected chi connectivity index (χ4v) is 3.00. The molecular weight excluding hydrogens is 303 g/mol. The first kappa shape index (κ1) is 17.5. The second-order valence-electron chi connectivity index (χ2n) is 4.51. The van der Waals surface area contributed by atoms with E-state index >= 15 is 0 Å². The zero-order valence-electron chi connectivity index (χ0n) is 11.9. The van der Waals surface area contributed by atoms with Crippen molar-refractivity contribution in [3.8, 4) is 0 Å². The van der Waals surface area contributed by atoms with Crippen LogP contribution in [0, 0.1) is 22.9 Å². The number of halogens is 1. The maximum Gasteiger partial charge on any atom is 0.306 e. The second kappa shape index (κ2) is 6.92. The van der Waals surface area contributed by atoms with Crippen LogP contribution >= 0.6 is 0 Å². The van der Waals surface area contributed by atoms with Gasteiger partial charge in [0.2, 0.25) is 15.8 Å². The van der Waals surface area contributed by atoms with Crippen LogP contribution in [0.1, 0.15) is 19.4 Å². The van der Waals surface area contributed by atoms with Gasteiger partial charge in [-0.1, -0.05) is 0 Å². The third kappa shape index (κ3) is 4.45. The molecular formula is C12H17FN2O5S. The Labute approximate surface area is 122 Å². The predicted octanol–water partition coefficient (Wildman–Crippen LogP) is 1.75. The van der Waals surface area contributed by atoms with E-state index in [0.29, 0.717) is 12.7 Å². The number of sulfonamides is 1. The quantitative estimate of drug-likeness (QED) is 0.609. The molecule has 1 aromatic rings. The van der Waals surface area contributed by atoms with Crippen molar-refractivity contribution in [2.45, 2.75) is 31.7 Å². The van der Waals surface area contributed by atoms with E-state index in [2.05, 4.69) is 4.72 Å². The van der Waals surface area contributed by atoms with E-state index in [1.165, 1.54) is 6.92 Å². The lowest BCUT2D eigenvalue weighted by Crippen LogP contribution is -2.36. The molecule has 0 amide bonds. The molecule has 0 spiro atoms. The first-order chi connectivity index (χ1) is 9.69. The van der Waals surface area contributed by atoms with E-state index in [1.54, 1.807) is 13.8 Å². The van der Waals surface area contributed by atoms with Crippen LogP contribution in [0.15, 0.2) is 17.0 Å². The van der Waals surface area contributed by atoms with E-state index in [1.807, 2.05) is 0 Å². The van der Waals surface area contributed by atoms with E-state index in [9.17, 15) is 22.9 Å². The Balaban J connectivity index is 3.12. The van der Waals surface area contributed by atoms with Gasteiger partial charge in [0.25, 0.3) is 0 Å². The molecule has 21 heavy (non-hydrogen) atoms. The molecule has 0 saturated carbocycles. The van der Waals surface area contributed by atoms with Gasteiger partial charge in [0.15, 0.2) is 0 Å². The summed E-state index contributed by atoms with van der Waals surface area (Å²) in [5.41, 5.74) is -0.977. The van der Waals surface area contributed by atoms with Crippen molar-refractivity contribution in [1.82, 2.24) is 4.72 Å². The molecule has 0 saturated heterocycles. The van der Waals surface area contributed by atoms with E-state index in [0.717, 1.165) is 6.07 Å². The Bertz CT molecular complexity index is 633. The van der Waals surface area contributed by atoms with E-state index in [4.69, 9.17) is 4.74 Å². The summed E-state index contributed by atoms with van der Waals surface area (Å²) in [5.74, 6) is -1.04. The number of nitro groups is 1. The summed E-state index contributed by atoms with van der Waals surface area (Å²) < 4.78 is 45.2. The molecule has 0 aliphatic heterocycles.